The smallest absolute Gasteiger partial charge is 0.226 e. The molecule has 0 fully saturated rings. The summed E-state index contributed by atoms with van der Waals surface area (Å²) in [5.41, 5.74) is 3.20. The van der Waals surface area contributed by atoms with Gasteiger partial charge in [0.15, 0.2) is 0 Å². The molecular weight excluding hydrogens is 304 g/mol. The average molecular weight is 324 g/mol. The van der Waals surface area contributed by atoms with Crippen LogP contribution in [0.25, 0.3) is 0 Å². The standard InChI is InChI=1S/C19H20N2OS/c1-14-7-5-8-16(15(14)2)20-19(22)13-17(18-9-6-12-23-18)21-10-3-4-11-21/h3-12,17H,13H2,1-2H3,(H,20,22)/t17-/m0/s1. The second-order valence-corrected chi connectivity index (χ2v) is 6.64. The van der Waals surface area contributed by atoms with Crippen molar-refractivity contribution in [1.82, 2.24) is 4.57 Å². The third-order valence-corrected chi connectivity index (χ3v) is 5.09. The number of thiophene rings is 1. The summed E-state index contributed by atoms with van der Waals surface area (Å²) in [7, 11) is 0. The third kappa shape index (κ3) is 3.54. The van der Waals surface area contributed by atoms with Crippen LogP contribution in [-0.2, 0) is 4.79 Å². The minimum Gasteiger partial charge on any atom is -0.346 e. The zero-order chi connectivity index (χ0) is 16.2. The fraction of sp³-hybridized carbons (Fsp3) is 0.211. The van der Waals surface area contributed by atoms with Crippen LogP contribution in [-0.4, -0.2) is 10.5 Å². The molecule has 3 rings (SSSR count). The Hall–Kier alpha value is -2.33. The zero-order valence-corrected chi connectivity index (χ0v) is 14.1. The molecule has 0 unspecified atom stereocenters. The first-order valence-electron chi connectivity index (χ1n) is 7.67. The summed E-state index contributed by atoms with van der Waals surface area (Å²) < 4.78 is 2.09. The van der Waals surface area contributed by atoms with Crippen molar-refractivity contribution in [3.63, 3.8) is 0 Å². The molecule has 0 radical (unpaired) electrons. The normalized spacial score (nSPS) is 12.1. The number of amides is 1. The molecule has 3 aromatic rings. The molecule has 2 heterocycles. The van der Waals surface area contributed by atoms with Gasteiger partial charge in [-0.05, 0) is 54.6 Å². The van der Waals surface area contributed by atoms with Gasteiger partial charge in [-0.2, -0.15) is 0 Å². The SMILES string of the molecule is Cc1cccc(NC(=O)C[C@@H](c2cccs2)n2cccc2)c1C. The number of carbonyl (C=O) groups is 1. The van der Waals surface area contributed by atoms with E-state index in [1.807, 2.05) is 49.6 Å². The quantitative estimate of drug-likeness (QED) is 0.719. The van der Waals surface area contributed by atoms with Gasteiger partial charge in [-0.25, -0.2) is 0 Å². The van der Waals surface area contributed by atoms with Crippen LogP contribution in [0.2, 0.25) is 0 Å². The van der Waals surface area contributed by atoms with Crippen LogP contribution < -0.4 is 5.32 Å². The number of rotatable bonds is 5. The molecule has 3 nitrogen and oxygen atoms in total. The number of anilines is 1. The van der Waals surface area contributed by atoms with Gasteiger partial charge in [-0.3, -0.25) is 4.79 Å². The summed E-state index contributed by atoms with van der Waals surface area (Å²) in [6.07, 6.45) is 4.44. The molecule has 2 aromatic heterocycles. The van der Waals surface area contributed by atoms with Gasteiger partial charge in [-0.1, -0.05) is 18.2 Å². The fourth-order valence-corrected chi connectivity index (χ4v) is 3.49. The van der Waals surface area contributed by atoms with E-state index in [-0.39, 0.29) is 11.9 Å². The molecule has 1 amide bonds. The van der Waals surface area contributed by atoms with E-state index in [0.717, 1.165) is 11.3 Å². The Morgan fingerprint density at radius 3 is 2.61 bits per heavy atom. The zero-order valence-electron chi connectivity index (χ0n) is 13.3. The molecule has 118 valence electrons. The molecule has 4 heteroatoms. The van der Waals surface area contributed by atoms with Crippen molar-refractivity contribution in [1.29, 1.82) is 0 Å². The van der Waals surface area contributed by atoms with Crippen molar-refractivity contribution in [2.45, 2.75) is 26.3 Å². The highest BCUT2D eigenvalue weighted by molar-refractivity contribution is 7.10. The number of benzene rings is 1. The molecule has 23 heavy (non-hydrogen) atoms. The monoisotopic (exact) mass is 324 g/mol. The molecule has 1 atom stereocenters. The van der Waals surface area contributed by atoms with E-state index in [4.69, 9.17) is 0 Å². The van der Waals surface area contributed by atoms with E-state index in [0.29, 0.717) is 6.42 Å². The lowest BCUT2D eigenvalue weighted by molar-refractivity contribution is -0.116. The first-order valence-corrected chi connectivity index (χ1v) is 8.55. The number of nitrogens with zero attached hydrogens (tertiary/aromatic N) is 1. The Morgan fingerprint density at radius 1 is 1.13 bits per heavy atom. The van der Waals surface area contributed by atoms with Gasteiger partial charge in [-0.15, -0.1) is 11.3 Å². The van der Waals surface area contributed by atoms with Gasteiger partial charge in [0.05, 0.1) is 12.5 Å². The average Bonchev–Trinajstić information content (AvgIpc) is 3.22. The van der Waals surface area contributed by atoms with Gasteiger partial charge in [0, 0.05) is 23.0 Å². The molecule has 0 saturated heterocycles. The fourth-order valence-electron chi connectivity index (χ4n) is 2.65. The lowest BCUT2D eigenvalue weighted by Gasteiger charge is -2.18. The van der Waals surface area contributed by atoms with E-state index >= 15 is 0 Å². The minimum absolute atomic E-state index is 0.0331. The van der Waals surface area contributed by atoms with E-state index in [2.05, 4.69) is 34.3 Å². The second-order valence-electron chi connectivity index (χ2n) is 5.66. The number of nitrogens with one attached hydrogen (secondary N) is 1. The van der Waals surface area contributed by atoms with Crippen LogP contribution in [0.15, 0.2) is 60.2 Å². The van der Waals surface area contributed by atoms with E-state index in [1.54, 1.807) is 11.3 Å². The largest absolute Gasteiger partial charge is 0.346 e. The second kappa shape index (κ2) is 6.84. The maximum absolute atomic E-state index is 12.6. The summed E-state index contributed by atoms with van der Waals surface area (Å²) in [6, 6.07) is 14.1. The molecule has 0 saturated carbocycles. The van der Waals surface area contributed by atoms with Crippen molar-refractivity contribution in [3.05, 3.63) is 76.2 Å². The van der Waals surface area contributed by atoms with Gasteiger partial charge >= 0.3 is 0 Å². The number of hydrogen-bond acceptors (Lipinski definition) is 2. The molecule has 0 aliphatic carbocycles. The predicted octanol–water partition coefficient (Wildman–Crippen LogP) is 4.78. The summed E-state index contributed by atoms with van der Waals surface area (Å²) in [4.78, 5) is 13.7. The van der Waals surface area contributed by atoms with Crippen LogP contribution in [0.1, 0.15) is 28.5 Å². The minimum atomic E-state index is 0.0331. The van der Waals surface area contributed by atoms with Gasteiger partial charge in [0.2, 0.25) is 5.91 Å². The number of hydrogen-bond donors (Lipinski definition) is 1. The van der Waals surface area contributed by atoms with Crippen molar-refractivity contribution >= 4 is 22.9 Å². The lowest BCUT2D eigenvalue weighted by Crippen LogP contribution is -2.19. The Balaban J connectivity index is 1.78. The van der Waals surface area contributed by atoms with Crippen LogP contribution in [0, 0.1) is 13.8 Å². The highest BCUT2D eigenvalue weighted by Gasteiger charge is 2.18. The van der Waals surface area contributed by atoms with E-state index in [9.17, 15) is 4.79 Å². The third-order valence-electron chi connectivity index (χ3n) is 4.12. The molecule has 1 N–H and O–H groups in total. The highest BCUT2D eigenvalue weighted by Crippen LogP contribution is 2.27. The van der Waals surface area contributed by atoms with Crippen molar-refractivity contribution in [2.24, 2.45) is 0 Å². The Kier molecular flexibility index (Phi) is 4.63. The Morgan fingerprint density at radius 2 is 1.91 bits per heavy atom. The molecule has 0 aliphatic rings. The molecule has 0 aliphatic heterocycles. The van der Waals surface area contributed by atoms with Crippen LogP contribution in [0.3, 0.4) is 0 Å². The summed E-state index contributed by atoms with van der Waals surface area (Å²) >= 11 is 1.68. The van der Waals surface area contributed by atoms with Crippen molar-refractivity contribution in [2.75, 3.05) is 5.32 Å². The molecule has 1 aromatic carbocycles. The number of aryl methyl sites for hydroxylation is 1. The molecule has 0 bridgehead atoms. The number of aromatic nitrogens is 1. The van der Waals surface area contributed by atoms with Gasteiger partial charge in [0.25, 0.3) is 0 Å². The first-order chi connectivity index (χ1) is 11.1. The number of carbonyl (C=O) groups excluding carboxylic acids is 1. The Labute approximate surface area is 140 Å². The van der Waals surface area contributed by atoms with E-state index in [1.165, 1.54) is 10.4 Å². The Bertz CT molecular complexity index is 742. The lowest BCUT2D eigenvalue weighted by atomic mass is 10.1. The predicted molar refractivity (Wildman–Crippen MR) is 96.1 cm³/mol. The maximum Gasteiger partial charge on any atom is 0.226 e. The summed E-state index contributed by atoms with van der Waals surface area (Å²) in [6.45, 7) is 4.09. The van der Waals surface area contributed by atoms with Crippen LogP contribution in [0.4, 0.5) is 5.69 Å². The van der Waals surface area contributed by atoms with Crippen molar-refractivity contribution in [3.8, 4) is 0 Å². The summed E-state index contributed by atoms with van der Waals surface area (Å²) in [5.74, 6) is 0.0331. The highest BCUT2D eigenvalue weighted by atomic mass is 32.1. The van der Waals surface area contributed by atoms with Gasteiger partial charge in [0.1, 0.15) is 0 Å². The molecular formula is C19H20N2OS. The van der Waals surface area contributed by atoms with Gasteiger partial charge < -0.3 is 9.88 Å². The van der Waals surface area contributed by atoms with Crippen LogP contribution >= 0.6 is 11.3 Å². The maximum atomic E-state index is 12.6. The van der Waals surface area contributed by atoms with E-state index < -0.39 is 0 Å². The first kappa shape index (κ1) is 15.6. The van der Waals surface area contributed by atoms with Crippen molar-refractivity contribution < 1.29 is 4.79 Å². The topological polar surface area (TPSA) is 34.0 Å². The summed E-state index contributed by atoms with van der Waals surface area (Å²) in [5, 5.41) is 5.11. The van der Waals surface area contributed by atoms with Crippen LogP contribution in [0.5, 0.6) is 0 Å². The molecule has 0 spiro atoms.